The fourth-order valence-electron chi connectivity index (χ4n) is 2.36. The maximum absolute atomic E-state index is 2.36. The molecular weight excluding hydrogens is 262 g/mol. The van der Waals surface area contributed by atoms with Crippen molar-refractivity contribution in [3.63, 3.8) is 0 Å². The molecule has 0 aromatic carbocycles. The Hall–Kier alpha value is 0.440. The molecule has 1 nitrogen and oxygen atoms in total. The molecule has 0 saturated heterocycles. The average molecular weight is 294 g/mol. The van der Waals surface area contributed by atoms with Crippen molar-refractivity contribution in [3.8, 4) is 0 Å². The van der Waals surface area contributed by atoms with Crippen LogP contribution in [0.5, 0.6) is 0 Å². The molecule has 0 aliphatic rings. The summed E-state index contributed by atoms with van der Waals surface area (Å²) in [6, 6.07) is 0. The van der Waals surface area contributed by atoms with E-state index in [1.54, 1.807) is 0 Å². The van der Waals surface area contributed by atoms with Crippen molar-refractivity contribution in [2.45, 2.75) is 66.2 Å². The van der Waals surface area contributed by atoms with E-state index in [0.717, 1.165) is 0 Å². The summed E-state index contributed by atoms with van der Waals surface area (Å²) >= 11 is 0. The molecule has 0 aromatic heterocycles. The first kappa shape index (κ1) is 18.8. The third-order valence-electron chi connectivity index (χ3n) is 3.81. The Labute approximate surface area is 114 Å². The Morgan fingerprint density at radius 1 is 0.625 bits per heavy atom. The van der Waals surface area contributed by atoms with Gasteiger partial charge in [0.25, 0.3) is 0 Å². The average Bonchev–Trinajstić information content (AvgIpc) is 2.28. The van der Waals surface area contributed by atoms with E-state index < -0.39 is 0 Å². The molecule has 0 radical (unpaired) electrons. The lowest BCUT2D eigenvalue weighted by Crippen LogP contribution is -3.00. The molecule has 100 valence electrons. The second-order valence-electron chi connectivity index (χ2n) is 4.84. The van der Waals surface area contributed by atoms with Crippen LogP contribution in [0, 0.1) is 0 Å². The molecule has 16 heavy (non-hydrogen) atoms. The Kier molecular flexibility index (Phi) is 14.0. The maximum Gasteiger partial charge on any atom is 0.0786 e. The van der Waals surface area contributed by atoms with Crippen molar-refractivity contribution in [1.29, 1.82) is 0 Å². The molecule has 0 aromatic rings. The van der Waals surface area contributed by atoms with E-state index in [2.05, 4.69) is 27.7 Å². The lowest BCUT2D eigenvalue weighted by molar-refractivity contribution is -0.925. The highest BCUT2D eigenvalue weighted by Gasteiger charge is 2.21. The van der Waals surface area contributed by atoms with Crippen LogP contribution in [-0.4, -0.2) is 30.7 Å². The van der Waals surface area contributed by atoms with Crippen LogP contribution in [0.1, 0.15) is 66.2 Å². The second-order valence-corrected chi connectivity index (χ2v) is 4.84. The van der Waals surface area contributed by atoms with Crippen molar-refractivity contribution < 1.29 is 21.5 Å². The number of hydrogen-bond donors (Lipinski definition) is 0. The minimum Gasteiger partial charge on any atom is -1.00 e. The van der Waals surface area contributed by atoms with E-state index >= 15 is 0 Å². The lowest BCUT2D eigenvalue weighted by Gasteiger charge is -2.37. The highest BCUT2D eigenvalue weighted by atomic mass is 79.9. The standard InChI is InChI=1S/C14H32N.BrH/c1-5-9-11-13-15(7-3,8-4)14-12-10-6-2;/h5-14H2,1-4H3;1H/q+1;/p-1. The number of nitrogens with zero attached hydrogens (tertiary/aromatic N) is 1. The zero-order valence-corrected chi connectivity index (χ0v) is 13.5. The van der Waals surface area contributed by atoms with E-state index in [9.17, 15) is 0 Å². The number of halogens is 1. The predicted octanol–water partition coefficient (Wildman–Crippen LogP) is 1.23. The molecule has 0 bridgehead atoms. The van der Waals surface area contributed by atoms with Gasteiger partial charge in [0.1, 0.15) is 0 Å². The molecular formula is C14H32BrN. The van der Waals surface area contributed by atoms with Gasteiger partial charge in [-0.1, -0.05) is 26.7 Å². The lowest BCUT2D eigenvalue weighted by atomic mass is 10.1. The van der Waals surface area contributed by atoms with Crippen LogP contribution in [0.2, 0.25) is 0 Å². The summed E-state index contributed by atoms with van der Waals surface area (Å²) in [4.78, 5) is 0. The smallest absolute Gasteiger partial charge is 0.0786 e. The van der Waals surface area contributed by atoms with Crippen molar-refractivity contribution in [2.75, 3.05) is 26.2 Å². The Morgan fingerprint density at radius 2 is 1.00 bits per heavy atom. The summed E-state index contributed by atoms with van der Waals surface area (Å²) in [5.74, 6) is 0. The van der Waals surface area contributed by atoms with Crippen LogP contribution >= 0.6 is 0 Å². The summed E-state index contributed by atoms with van der Waals surface area (Å²) in [5, 5.41) is 0. The molecule has 0 aliphatic heterocycles. The molecule has 0 amide bonds. The quantitative estimate of drug-likeness (QED) is 0.420. The van der Waals surface area contributed by atoms with Crippen LogP contribution < -0.4 is 17.0 Å². The highest BCUT2D eigenvalue weighted by molar-refractivity contribution is 4.45. The van der Waals surface area contributed by atoms with Gasteiger partial charge in [-0.15, -0.1) is 0 Å². The van der Waals surface area contributed by atoms with Gasteiger partial charge < -0.3 is 21.5 Å². The molecule has 0 aliphatic carbocycles. The Bertz CT molecular complexity index is 121. The van der Waals surface area contributed by atoms with Crippen LogP contribution in [0.25, 0.3) is 0 Å². The fraction of sp³-hybridized carbons (Fsp3) is 1.00. The SMILES string of the molecule is CCCCC[N+](CC)(CC)CCCCC.[Br-]. The highest BCUT2D eigenvalue weighted by Crippen LogP contribution is 2.12. The van der Waals surface area contributed by atoms with E-state index in [4.69, 9.17) is 0 Å². The summed E-state index contributed by atoms with van der Waals surface area (Å²) in [7, 11) is 0. The van der Waals surface area contributed by atoms with Gasteiger partial charge in [-0.05, 0) is 39.5 Å². The zero-order valence-electron chi connectivity index (χ0n) is 11.9. The largest absolute Gasteiger partial charge is 1.00 e. The summed E-state index contributed by atoms with van der Waals surface area (Å²) in [6.07, 6.45) is 8.36. The van der Waals surface area contributed by atoms with Gasteiger partial charge in [-0.2, -0.15) is 0 Å². The predicted molar refractivity (Wildman–Crippen MR) is 70.1 cm³/mol. The molecule has 0 rings (SSSR count). The summed E-state index contributed by atoms with van der Waals surface area (Å²) in [5.41, 5.74) is 0. The van der Waals surface area contributed by atoms with Gasteiger partial charge in [0.05, 0.1) is 26.2 Å². The number of hydrogen-bond acceptors (Lipinski definition) is 0. The molecule has 0 saturated carbocycles. The molecule has 0 fully saturated rings. The van der Waals surface area contributed by atoms with Gasteiger partial charge in [0.2, 0.25) is 0 Å². The molecule has 0 heterocycles. The monoisotopic (exact) mass is 293 g/mol. The molecule has 0 atom stereocenters. The summed E-state index contributed by atoms with van der Waals surface area (Å²) < 4.78 is 1.36. The number of unbranched alkanes of at least 4 members (excludes halogenated alkanes) is 4. The maximum atomic E-state index is 2.36. The van der Waals surface area contributed by atoms with Crippen molar-refractivity contribution in [3.05, 3.63) is 0 Å². The second kappa shape index (κ2) is 11.9. The van der Waals surface area contributed by atoms with Gasteiger partial charge >= 0.3 is 0 Å². The van der Waals surface area contributed by atoms with Crippen LogP contribution in [-0.2, 0) is 0 Å². The van der Waals surface area contributed by atoms with Crippen LogP contribution in [0.15, 0.2) is 0 Å². The first-order valence-corrected chi connectivity index (χ1v) is 7.09. The van der Waals surface area contributed by atoms with Crippen molar-refractivity contribution in [2.24, 2.45) is 0 Å². The number of quaternary nitrogens is 1. The van der Waals surface area contributed by atoms with E-state index in [1.165, 1.54) is 69.2 Å². The number of rotatable bonds is 10. The normalized spacial score (nSPS) is 11.2. The minimum absolute atomic E-state index is 0. The fourth-order valence-corrected chi connectivity index (χ4v) is 2.36. The van der Waals surface area contributed by atoms with E-state index in [1.807, 2.05) is 0 Å². The Balaban J connectivity index is 0. The van der Waals surface area contributed by atoms with Crippen LogP contribution in [0.3, 0.4) is 0 Å². The van der Waals surface area contributed by atoms with Gasteiger partial charge in [-0.25, -0.2) is 0 Å². The molecule has 2 heteroatoms. The molecule has 0 N–H and O–H groups in total. The van der Waals surface area contributed by atoms with E-state index in [0.29, 0.717) is 0 Å². The third-order valence-corrected chi connectivity index (χ3v) is 3.81. The van der Waals surface area contributed by atoms with Gasteiger partial charge in [-0.3, -0.25) is 0 Å². The third kappa shape index (κ3) is 7.67. The van der Waals surface area contributed by atoms with Gasteiger partial charge in [0.15, 0.2) is 0 Å². The van der Waals surface area contributed by atoms with Gasteiger partial charge in [0, 0.05) is 0 Å². The first-order valence-electron chi connectivity index (χ1n) is 7.09. The zero-order chi connectivity index (χ0) is 11.6. The minimum atomic E-state index is 0. The summed E-state index contributed by atoms with van der Waals surface area (Å²) in [6.45, 7) is 14.8. The first-order chi connectivity index (χ1) is 7.24. The molecule has 0 spiro atoms. The van der Waals surface area contributed by atoms with Crippen molar-refractivity contribution >= 4 is 0 Å². The van der Waals surface area contributed by atoms with Crippen LogP contribution in [0.4, 0.5) is 0 Å². The molecule has 0 unspecified atom stereocenters. The van der Waals surface area contributed by atoms with E-state index in [-0.39, 0.29) is 17.0 Å². The topological polar surface area (TPSA) is 0 Å². The van der Waals surface area contributed by atoms with Crippen molar-refractivity contribution in [1.82, 2.24) is 0 Å². The Morgan fingerprint density at radius 3 is 1.25 bits per heavy atom.